The first kappa shape index (κ1) is 13.1. The molecule has 0 amide bonds. The van der Waals surface area contributed by atoms with E-state index < -0.39 is 0 Å². The molecular weight excluding hydrogens is 248 g/mol. The zero-order valence-electron chi connectivity index (χ0n) is 10.7. The van der Waals surface area contributed by atoms with Crippen molar-refractivity contribution in [2.45, 2.75) is 19.8 Å². The van der Waals surface area contributed by atoms with Gasteiger partial charge in [-0.25, -0.2) is 4.98 Å². The molecule has 2 rings (SSSR count). The fourth-order valence-electron chi connectivity index (χ4n) is 1.67. The highest BCUT2D eigenvalue weighted by molar-refractivity contribution is 7.13. The fourth-order valence-corrected chi connectivity index (χ4v) is 2.47. The van der Waals surface area contributed by atoms with E-state index >= 15 is 0 Å². The van der Waals surface area contributed by atoms with Crippen LogP contribution in [0.5, 0.6) is 5.75 Å². The molecule has 0 bridgehead atoms. The summed E-state index contributed by atoms with van der Waals surface area (Å²) in [6.45, 7) is 4.08. The normalized spacial score (nSPS) is 10.8. The Morgan fingerprint density at radius 1 is 1.44 bits per heavy atom. The van der Waals surface area contributed by atoms with E-state index in [2.05, 4.69) is 17.2 Å². The Hall–Kier alpha value is -1.33. The Balaban J connectivity index is 1.97. The zero-order valence-corrected chi connectivity index (χ0v) is 11.5. The van der Waals surface area contributed by atoms with Gasteiger partial charge in [-0.05, 0) is 24.4 Å². The number of nitrogens with zero attached hydrogens (tertiary/aromatic N) is 1. The Labute approximate surface area is 111 Å². The van der Waals surface area contributed by atoms with E-state index in [9.17, 15) is 0 Å². The highest BCUT2D eigenvalue weighted by Gasteiger charge is 2.12. The average Bonchev–Trinajstić information content (AvgIpc) is 3.02. The van der Waals surface area contributed by atoms with E-state index in [0.29, 0.717) is 0 Å². The molecule has 2 heterocycles. The maximum atomic E-state index is 5.73. The molecule has 0 saturated carbocycles. The summed E-state index contributed by atoms with van der Waals surface area (Å²) in [4.78, 5) is 5.29. The first-order chi connectivity index (χ1) is 8.85. The third-order valence-corrected chi connectivity index (χ3v) is 3.48. The first-order valence-corrected chi connectivity index (χ1v) is 7.00. The van der Waals surface area contributed by atoms with Crippen LogP contribution in [-0.4, -0.2) is 25.2 Å². The van der Waals surface area contributed by atoms with Crippen molar-refractivity contribution in [1.82, 2.24) is 10.3 Å². The predicted molar refractivity (Wildman–Crippen MR) is 73.2 cm³/mol. The average molecular weight is 266 g/mol. The van der Waals surface area contributed by atoms with E-state index in [1.54, 1.807) is 24.6 Å². The summed E-state index contributed by atoms with van der Waals surface area (Å²) in [6, 6.07) is 1.94. The van der Waals surface area contributed by atoms with Gasteiger partial charge in [0.1, 0.15) is 10.6 Å². The van der Waals surface area contributed by atoms with Crippen LogP contribution < -0.4 is 10.1 Å². The first-order valence-electron chi connectivity index (χ1n) is 6.12. The molecule has 0 atom stereocenters. The Morgan fingerprint density at radius 3 is 3.11 bits per heavy atom. The van der Waals surface area contributed by atoms with Gasteiger partial charge in [0.05, 0.1) is 13.3 Å². The van der Waals surface area contributed by atoms with Crippen LogP contribution in [0.25, 0.3) is 10.6 Å². The maximum Gasteiger partial charge on any atom is 0.196 e. The summed E-state index contributed by atoms with van der Waals surface area (Å²) in [5.74, 6) is 2.39. The molecule has 2 aromatic rings. The highest BCUT2D eigenvalue weighted by atomic mass is 32.1. The molecule has 0 aliphatic carbocycles. The van der Waals surface area contributed by atoms with E-state index in [1.807, 2.05) is 11.4 Å². The van der Waals surface area contributed by atoms with Gasteiger partial charge in [-0.1, -0.05) is 6.92 Å². The number of aromatic nitrogens is 1. The van der Waals surface area contributed by atoms with Crippen LogP contribution in [0.2, 0.25) is 0 Å². The molecule has 0 fully saturated rings. The van der Waals surface area contributed by atoms with Crippen LogP contribution >= 0.6 is 11.3 Å². The summed E-state index contributed by atoms with van der Waals surface area (Å²) < 4.78 is 11.0. The topological polar surface area (TPSA) is 47.3 Å². The number of nitrogens with one attached hydrogen (secondary N) is 1. The number of ether oxygens (including phenoxy) is 1. The van der Waals surface area contributed by atoms with Crippen molar-refractivity contribution in [3.05, 3.63) is 23.5 Å². The van der Waals surface area contributed by atoms with Gasteiger partial charge in [-0.3, -0.25) is 0 Å². The van der Waals surface area contributed by atoms with Gasteiger partial charge < -0.3 is 14.5 Å². The SMILES string of the molecule is CCCNCCc1ncc(-c2sccc2OC)o1. The zero-order chi connectivity index (χ0) is 12.8. The van der Waals surface area contributed by atoms with E-state index in [0.717, 1.165) is 48.2 Å². The Kier molecular flexibility index (Phi) is 4.78. The molecule has 0 aliphatic rings. The van der Waals surface area contributed by atoms with Crippen LogP contribution in [-0.2, 0) is 6.42 Å². The molecule has 0 aromatic carbocycles. The van der Waals surface area contributed by atoms with Gasteiger partial charge in [0.2, 0.25) is 0 Å². The number of oxazole rings is 1. The lowest BCUT2D eigenvalue weighted by Crippen LogP contribution is -2.17. The summed E-state index contributed by atoms with van der Waals surface area (Å²) in [7, 11) is 1.66. The molecule has 0 aliphatic heterocycles. The minimum atomic E-state index is 0.768. The van der Waals surface area contributed by atoms with Gasteiger partial charge in [0.25, 0.3) is 0 Å². The summed E-state index contributed by atoms with van der Waals surface area (Å²) >= 11 is 1.60. The lowest BCUT2D eigenvalue weighted by atomic mass is 10.4. The predicted octanol–water partition coefficient (Wildman–Crippen LogP) is 2.95. The van der Waals surface area contributed by atoms with Crippen molar-refractivity contribution in [1.29, 1.82) is 0 Å². The van der Waals surface area contributed by atoms with Gasteiger partial charge >= 0.3 is 0 Å². The van der Waals surface area contributed by atoms with Crippen molar-refractivity contribution >= 4 is 11.3 Å². The number of thiophene rings is 1. The van der Waals surface area contributed by atoms with Crippen molar-refractivity contribution in [2.75, 3.05) is 20.2 Å². The number of hydrogen-bond donors (Lipinski definition) is 1. The fraction of sp³-hybridized carbons (Fsp3) is 0.462. The minimum absolute atomic E-state index is 0.768. The van der Waals surface area contributed by atoms with E-state index in [1.165, 1.54) is 0 Å². The van der Waals surface area contributed by atoms with Crippen LogP contribution in [0.1, 0.15) is 19.2 Å². The number of rotatable bonds is 7. The molecular formula is C13H18N2O2S. The lowest BCUT2D eigenvalue weighted by Gasteiger charge is -2.00. The highest BCUT2D eigenvalue weighted by Crippen LogP contribution is 2.35. The van der Waals surface area contributed by atoms with Gasteiger partial charge in [-0.15, -0.1) is 11.3 Å². The summed E-state index contributed by atoms with van der Waals surface area (Å²) in [5.41, 5.74) is 0. The number of methoxy groups -OCH3 is 1. The molecule has 0 unspecified atom stereocenters. The molecule has 0 saturated heterocycles. The molecule has 18 heavy (non-hydrogen) atoms. The second-order valence-corrected chi connectivity index (χ2v) is 4.85. The number of hydrogen-bond acceptors (Lipinski definition) is 5. The standard InChI is InChI=1S/C13H18N2O2S/c1-3-6-14-7-4-12-15-9-11(17-12)13-10(16-2)5-8-18-13/h5,8-9,14H,3-4,6-7H2,1-2H3. The third kappa shape index (κ3) is 3.11. The van der Waals surface area contributed by atoms with Crippen molar-refractivity contribution in [3.8, 4) is 16.4 Å². The third-order valence-electron chi connectivity index (χ3n) is 2.57. The second kappa shape index (κ2) is 6.56. The quantitative estimate of drug-likeness (QED) is 0.783. The molecule has 5 heteroatoms. The second-order valence-electron chi connectivity index (χ2n) is 3.94. The van der Waals surface area contributed by atoms with E-state index in [-0.39, 0.29) is 0 Å². The largest absolute Gasteiger partial charge is 0.495 e. The van der Waals surface area contributed by atoms with E-state index in [4.69, 9.17) is 9.15 Å². The molecule has 4 nitrogen and oxygen atoms in total. The van der Waals surface area contributed by atoms with Crippen molar-refractivity contribution < 1.29 is 9.15 Å². The van der Waals surface area contributed by atoms with Crippen molar-refractivity contribution in [2.24, 2.45) is 0 Å². The van der Waals surface area contributed by atoms with Gasteiger partial charge in [-0.2, -0.15) is 0 Å². The Bertz CT molecular complexity index is 479. The van der Waals surface area contributed by atoms with Crippen LogP contribution in [0.15, 0.2) is 22.1 Å². The Morgan fingerprint density at radius 2 is 2.33 bits per heavy atom. The lowest BCUT2D eigenvalue weighted by molar-refractivity contribution is 0.415. The van der Waals surface area contributed by atoms with Crippen LogP contribution in [0.3, 0.4) is 0 Å². The molecule has 1 N–H and O–H groups in total. The molecule has 0 spiro atoms. The molecule has 0 radical (unpaired) electrons. The van der Waals surface area contributed by atoms with Crippen LogP contribution in [0, 0.1) is 0 Å². The summed E-state index contributed by atoms with van der Waals surface area (Å²) in [6.07, 6.45) is 3.72. The minimum Gasteiger partial charge on any atom is -0.495 e. The van der Waals surface area contributed by atoms with Crippen LogP contribution in [0.4, 0.5) is 0 Å². The van der Waals surface area contributed by atoms with Gasteiger partial charge in [0.15, 0.2) is 11.7 Å². The smallest absolute Gasteiger partial charge is 0.196 e. The molecule has 2 aromatic heterocycles. The summed E-state index contributed by atoms with van der Waals surface area (Å²) in [5, 5.41) is 5.31. The molecule has 98 valence electrons. The maximum absolute atomic E-state index is 5.73. The van der Waals surface area contributed by atoms with Crippen molar-refractivity contribution in [3.63, 3.8) is 0 Å². The van der Waals surface area contributed by atoms with Gasteiger partial charge in [0, 0.05) is 13.0 Å². The monoisotopic (exact) mass is 266 g/mol.